The van der Waals surface area contributed by atoms with Gasteiger partial charge in [0.1, 0.15) is 0 Å². The second kappa shape index (κ2) is 5.92. The molecule has 18 heavy (non-hydrogen) atoms. The SMILES string of the molecule is CNC1CCC(C(C)C)CC1N1CC(C)C(C)C1. The highest BCUT2D eigenvalue weighted by atomic mass is 15.2. The van der Waals surface area contributed by atoms with Crippen LogP contribution in [0.3, 0.4) is 0 Å². The van der Waals surface area contributed by atoms with Crippen molar-refractivity contribution in [1.82, 2.24) is 10.2 Å². The van der Waals surface area contributed by atoms with E-state index in [0.29, 0.717) is 0 Å². The van der Waals surface area contributed by atoms with Crippen LogP contribution in [0.5, 0.6) is 0 Å². The molecule has 2 rings (SSSR count). The molecule has 0 radical (unpaired) electrons. The van der Waals surface area contributed by atoms with Gasteiger partial charge in [0, 0.05) is 25.2 Å². The molecule has 0 bridgehead atoms. The second-order valence-corrected chi connectivity index (χ2v) is 7.19. The Bertz CT molecular complexity index is 254. The number of nitrogens with zero attached hydrogens (tertiary/aromatic N) is 1. The summed E-state index contributed by atoms with van der Waals surface area (Å²) >= 11 is 0. The van der Waals surface area contributed by atoms with E-state index in [1.54, 1.807) is 0 Å². The minimum absolute atomic E-state index is 0.720. The minimum atomic E-state index is 0.720. The summed E-state index contributed by atoms with van der Waals surface area (Å²) in [7, 11) is 2.15. The lowest BCUT2D eigenvalue weighted by Crippen LogP contribution is -2.52. The fourth-order valence-electron chi connectivity index (χ4n) is 3.97. The molecule has 2 heteroatoms. The smallest absolute Gasteiger partial charge is 0.0252 e. The summed E-state index contributed by atoms with van der Waals surface area (Å²) in [6.45, 7) is 12.3. The fourth-order valence-corrected chi connectivity index (χ4v) is 3.97. The topological polar surface area (TPSA) is 15.3 Å². The third-order valence-electron chi connectivity index (χ3n) is 5.66. The Morgan fingerprint density at radius 3 is 2.17 bits per heavy atom. The van der Waals surface area contributed by atoms with Gasteiger partial charge in [0.15, 0.2) is 0 Å². The summed E-state index contributed by atoms with van der Waals surface area (Å²) in [5.41, 5.74) is 0. The van der Waals surface area contributed by atoms with E-state index in [-0.39, 0.29) is 0 Å². The lowest BCUT2D eigenvalue weighted by Gasteiger charge is -2.42. The van der Waals surface area contributed by atoms with E-state index < -0.39 is 0 Å². The van der Waals surface area contributed by atoms with Crippen LogP contribution in [0.15, 0.2) is 0 Å². The van der Waals surface area contributed by atoms with Crippen LogP contribution in [-0.2, 0) is 0 Å². The summed E-state index contributed by atoms with van der Waals surface area (Å²) < 4.78 is 0. The molecule has 0 amide bonds. The Kier molecular flexibility index (Phi) is 4.71. The minimum Gasteiger partial charge on any atom is -0.315 e. The van der Waals surface area contributed by atoms with Gasteiger partial charge < -0.3 is 5.32 Å². The average molecular weight is 252 g/mol. The number of rotatable bonds is 3. The van der Waals surface area contributed by atoms with Gasteiger partial charge in [-0.2, -0.15) is 0 Å². The van der Waals surface area contributed by atoms with Gasteiger partial charge in [-0.1, -0.05) is 27.7 Å². The maximum atomic E-state index is 3.58. The van der Waals surface area contributed by atoms with E-state index in [1.807, 2.05) is 0 Å². The van der Waals surface area contributed by atoms with Gasteiger partial charge in [-0.25, -0.2) is 0 Å². The second-order valence-electron chi connectivity index (χ2n) is 7.19. The highest BCUT2D eigenvalue weighted by Gasteiger charge is 2.38. The summed E-state index contributed by atoms with van der Waals surface area (Å²) in [6.07, 6.45) is 4.19. The first kappa shape index (κ1) is 14.3. The first-order valence-corrected chi connectivity index (χ1v) is 7.94. The maximum absolute atomic E-state index is 3.58. The van der Waals surface area contributed by atoms with Crippen LogP contribution in [0.4, 0.5) is 0 Å². The molecule has 1 aliphatic heterocycles. The first-order valence-electron chi connectivity index (χ1n) is 7.94. The molecule has 1 saturated heterocycles. The fraction of sp³-hybridized carbons (Fsp3) is 1.00. The zero-order chi connectivity index (χ0) is 13.3. The van der Waals surface area contributed by atoms with Crippen LogP contribution in [0.1, 0.15) is 47.0 Å². The predicted octanol–water partition coefficient (Wildman–Crippen LogP) is 2.99. The Morgan fingerprint density at radius 1 is 1.06 bits per heavy atom. The van der Waals surface area contributed by atoms with Crippen LogP contribution < -0.4 is 5.32 Å². The van der Waals surface area contributed by atoms with Crippen molar-refractivity contribution in [1.29, 1.82) is 0 Å². The quantitative estimate of drug-likeness (QED) is 0.831. The number of hydrogen-bond donors (Lipinski definition) is 1. The van der Waals surface area contributed by atoms with Crippen molar-refractivity contribution in [3.8, 4) is 0 Å². The molecule has 1 N–H and O–H groups in total. The summed E-state index contributed by atoms with van der Waals surface area (Å²) in [6, 6.07) is 1.50. The summed E-state index contributed by atoms with van der Waals surface area (Å²) in [4.78, 5) is 2.78. The zero-order valence-corrected chi connectivity index (χ0v) is 12.9. The van der Waals surface area contributed by atoms with Crippen LogP contribution in [0.2, 0.25) is 0 Å². The monoisotopic (exact) mass is 252 g/mol. The standard InChI is InChI=1S/C16H32N2/c1-11(2)14-6-7-15(17-5)16(8-14)18-9-12(3)13(4)10-18/h11-17H,6-10H2,1-5H3. The maximum Gasteiger partial charge on any atom is 0.0252 e. The van der Waals surface area contributed by atoms with Crippen molar-refractivity contribution in [2.75, 3.05) is 20.1 Å². The van der Waals surface area contributed by atoms with Gasteiger partial charge in [0.25, 0.3) is 0 Å². The molecule has 2 nitrogen and oxygen atoms in total. The molecular weight excluding hydrogens is 220 g/mol. The van der Waals surface area contributed by atoms with E-state index >= 15 is 0 Å². The molecule has 0 aromatic carbocycles. The Labute approximate surface area is 114 Å². The van der Waals surface area contributed by atoms with Crippen LogP contribution in [0, 0.1) is 23.7 Å². The first-order chi connectivity index (χ1) is 8.52. The van der Waals surface area contributed by atoms with Crippen molar-refractivity contribution in [2.45, 2.75) is 59.0 Å². The van der Waals surface area contributed by atoms with Crippen LogP contribution in [0.25, 0.3) is 0 Å². The molecule has 5 atom stereocenters. The van der Waals surface area contributed by atoms with E-state index in [4.69, 9.17) is 0 Å². The van der Waals surface area contributed by atoms with Crippen molar-refractivity contribution < 1.29 is 0 Å². The molecule has 0 aromatic rings. The van der Waals surface area contributed by atoms with Gasteiger partial charge in [-0.05, 0) is 50.0 Å². The number of hydrogen-bond acceptors (Lipinski definition) is 2. The average Bonchev–Trinajstić information content (AvgIpc) is 2.68. The van der Waals surface area contributed by atoms with Crippen LogP contribution in [-0.4, -0.2) is 37.1 Å². The Morgan fingerprint density at radius 2 is 1.67 bits per heavy atom. The predicted molar refractivity (Wildman–Crippen MR) is 78.7 cm³/mol. The largest absolute Gasteiger partial charge is 0.315 e. The number of nitrogens with one attached hydrogen (secondary N) is 1. The lowest BCUT2D eigenvalue weighted by molar-refractivity contribution is 0.100. The van der Waals surface area contributed by atoms with Gasteiger partial charge >= 0.3 is 0 Å². The van der Waals surface area contributed by atoms with Crippen molar-refractivity contribution in [3.05, 3.63) is 0 Å². The third kappa shape index (κ3) is 2.91. The van der Waals surface area contributed by atoms with E-state index in [0.717, 1.165) is 35.8 Å². The summed E-state index contributed by atoms with van der Waals surface area (Å²) in [5, 5.41) is 3.58. The number of likely N-dealkylation sites (N-methyl/N-ethyl adjacent to an activating group) is 1. The highest BCUT2D eigenvalue weighted by molar-refractivity contribution is 4.94. The lowest BCUT2D eigenvalue weighted by atomic mass is 9.76. The van der Waals surface area contributed by atoms with Crippen molar-refractivity contribution >= 4 is 0 Å². The van der Waals surface area contributed by atoms with E-state index in [1.165, 1.54) is 32.4 Å². The summed E-state index contributed by atoms with van der Waals surface area (Å²) in [5.74, 6) is 3.54. The highest BCUT2D eigenvalue weighted by Crippen LogP contribution is 2.35. The molecule has 1 heterocycles. The van der Waals surface area contributed by atoms with Crippen LogP contribution >= 0.6 is 0 Å². The molecule has 0 spiro atoms. The van der Waals surface area contributed by atoms with Gasteiger partial charge in [0.2, 0.25) is 0 Å². The number of likely N-dealkylation sites (tertiary alicyclic amines) is 1. The molecule has 106 valence electrons. The van der Waals surface area contributed by atoms with Crippen molar-refractivity contribution in [2.24, 2.45) is 23.7 Å². The Hall–Kier alpha value is -0.0800. The molecule has 1 aliphatic carbocycles. The van der Waals surface area contributed by atoms with E-state index in [2.05, 4.69) is 45.0 Å². The molecule has 1 saturated carbocycles. The van der Waals surface area contributed by atoms with Crippen molar-refractivity contribution in [3.63, 3.8) is 0 Å². The molecule has 0 aromatic heterocycles. The van der Waals surface area contributed by atoms with Gasteiger partial charge in [-0.15, -0.1) is 0 Å². The normalized spacial score (nSPS) is 42.7. The van der Waals surface area contributed by atoms with Gasteiger partial charge in [-0.3, -0.25) is 4.90 Å². The third-order valence-corrected chi connectivity index (χ3v) is 5.66. The van der Waals surface area contributed by atoms with Gasteiger partial charge in [0.05, 0.1) is 0 Å². The molecule has 2 fully saturated rings. The zero-order valence-electron chi connectivity index (χ0n) is 12.9. The molecular formula is C16H32N2. The molecule has 5 unspecified atom stereocenters. The van der Waals surface area contributed by atoms with E-state index in [9.17, 15) is 0 Å². The Balaban J connectivity index is 2.02. The molecule has 2 aliphatic rings.